The molecule has 2 saturated heterocycles. The molecule has 2 fully saturated rings. The number of benzene rings is 2. The first-order chi connectivity index (χ1) is 15.2. The minimum atomic E-state index is -0.472. The summed E-state index contributed by atoms with van der Waals surface area (Å²) in [5.74, 6) is 0.893. The summed E-state index contributed by atoms with van der Waals surface area (Å²) < 4.78 is 5.59. The van der Waals surface area contributed by atoms with Crippen molar-refractivity contribution in [1.82, 2.24) is 20.0 Å². The lowest BCUT2D eigenvalue weighted by atomic mass is 10.1. The molecule has 1 atom stereocenters. The van der Waals surface area contributed by atoms with Crippen molar-refractivity contribution >= 4 is 11.9 Å². The van der Waals surface area contributed by atoms with E-state index in [9.17, 15) is 9.59 Å². The topological polar surface area (TPSA) is 65.1 Å². The molecule has 7 nitrogen and oxygen atoms in total. The van der Waals surface area contributed by atoms with E-state index in [1.165, 1.54) is 16.0 Å². The molecular formula is C24H28N4O3. The predicted molar refractivity (Wildman–Crippen MR) is 117 cm³/mol. The van der Waals surface area contributed by atoms with Gasteiger partial charge in [-0.1, -0.05) is 42.5 Å². The minimum absolute atomic E-state index is 0.128. The molecule has 31 heavy (non-hydrogen) atoms. The van der Waals surface area contributed by atoms with Crippen molar-refractivity contribution in [2.75, 3.05) is 39.5 Å². The molecule has 3 heterocycles. The molecule has 7 heteroatoms. The van der Waals surface area contributed by atoms with Gasteiger partial charge in [0.15, 0.2) is 0 Å². The van der Waals surface area contributed by atoms with Crippen LogP contribution in [0.1, 0.15) is 16.7 Å². The van der Waals surface area contributed by atoms with Crippen LogP contribution in [0.4, 0.5) is 4.79 Å². The molecule has 0 aliphatic carbocycles. The molecule has 2 aromatic carbocycles. The first-order valence-corrected chi connectivity index (χ1v) is 11.0. The third-order valence-corrected chi connectivity index (χ3v) is 6.36. The van der Waals surface area contributed by atoms with E-state index in [4.69, 9.17) is 4.74 Å². The van der Waals surface area contributed by atoms with Crippen LogP contribution in [0.25, 0.3) is 0 Å². The molecule has 2 aromatic rings. The molecule has 3 aliphatic rings. The molecule has 0 spiro atoms. The van der Waals surface area contributed by atoms with E-state index in [0.29, 0.717) is 13.1 Å². The van der Waals surface area contributed by atoms with Crippen LogP contribution >= 0.6 is 0 Å². The van der Waals surface area contributed by atoms with Crippen molar-refractivity contribution in [1.29, 1.82) is 0 Å². The summed E-state index contributed by atoms with van der Waals surface area (Å²) in [7, 11) is 0. The summed E-state index contributed by atoms with van der Waals surface area (Å²) in [4.78, 5) is 31.2. The number of urea groups is 1. The third kappa shape index (κ3) is 4.43. The molecule has 0 bridgehead atoms. The fraction of sp³-hybridized carbons (Fsp3) is 0.417. The van der Waals surface area contributed by atoms with Gasteiger partial charge in [-0.2, -0.15) is 0 Å². The Hall–Kier alpha value is -2.90. The lowest BCUT2D eigenvalue weighted by Crippen LogP contribution is -2.51. The van der Waals surface area contributed by atoms with Crippen molar-refractivity contribution < 1.29 is 14.3 Å². The molecule has 1 N–H and O–H groups in total. The number of carbonyl (C=O) groups excluding carboxylic acids is 2. The molecular weight excluding hydrogens is 392 g/mol. The van der Waals surface area contributed by atoms with Crippen LogP contribution < -0.4 is 10.1 Å². The van der Waals surface area contributed by atoms with Crippen LogP contribution in [-0.2, 0) is 24.2 Å². The maximum atomic E-state index is 12.8. The Balaban J connectivity index is 1.12. The highest BCUT2D eigenvalue weighted by Crippen LogP contribution is 2.26. The number of ether oxygens (including phenoxy) is 1. The second-order valence-corrected chi connectivity index (χ2v) is 8.53. The molecule has 3 aliphatic heterocycles. The van der Waals surface area contributed by atoms with Gasteiger partial charge in [0.2, 0.25) is 0 Å². The van der Waals surface area contributed by atoms with Gasteiger partial charge < -0.3 is 10.1 Å². The summed E-state index contributed by atoms with van der Waals surface area (Å²) in [6.45, 7) is 5.59. The van der Waals surface area contributed by atoms with Crippen LogP contribution in [0.5, 0.6) is 5.75 Å². The van der Waals surface area contributed by atoms with Gasteiger partial charge in [-0.3, -0.25) is 14.6 Å². The van der Waals surface area contributed by atoms with Gasteiger partial charge in [-0.25, -0.2) is 9.69 Å². The van der Waals surface area contributed by atoms with Gasteiger partial charge in [-0.05, 0) is 22.8 Å². The van der Waals surface area contributed by atoms with E-state index in [1.807, 2.05) is 30.3 Å². The number of amides is 3. The second kappa shape index (κ2) is 8.69. The lowest BCUT2D eigenvalue weighted by Gasteiger charge is -2.36. The standard InChI is InChI=1S/C24H28N4O3/c29-23-21(15-18-4-2-1-3-5-18)25-24(30)28(23)17-27-11-9-26(10-12-27)16-19-6-7-22-20(14-19)8-13-31-22/h1-7,14,21H,8-13,15-17H2,(H,25,30)/t21-/m0/s1. The molecule has 0 aromatic heterocycles. The SMILES string of the molecule is O=C1N[C@@H](Cc2ccccc2)C(=O)N1CN1CCN(Cc2ccc3c(c2)CCO3)CC1. The van der Waals surface area contributed by atoms with Crippen molar-refractivity contribution in [3.8, 4) is 5.75 Å². The Morgan fingerprint density at radius 3 is 2.52 bits per heavy atom. The van der Waals surface area contributed by atoms with Crippen molar-refractivity contribution in [2.45, 2.75) is 25.4 Å². The molecule has 3 amide bonds. The van der Waals surface area contributed by atoms with E-state index in [-0.39, 0.29) is 11.9 Å². The largest absolute Gasteiger partial charge is 0.493 e. The van der Waals surface area contributed by atoms with E-state index in [0.717, 1.165) is 57.1 Å². The second-order valence-electron chi connectivity index (χ2n) is 8.53. The quantitative estimate of drug-likeness (QED) is 0.723. The van der Waals surface area contributed by atoms with Crippen LogP contribution in [0.15, 0.2) is 48.5 Å². The van der Waals surface area contributed by atoms with Crippen LogP contribution in [0, 0.1) is 0 Å². The fourth-order valence-corrected chi connectivity index (χ4v) is 4.58. The summed E-state index contributed by atoms with van der Waals surface area (Å²) in [6, 6.07) is 15.5. The normalized spacial score (nSPS) is 21.8. The van der Waals surface area contributed by atoms with Crippen molar-refractivity contribution in [3.05, 3.63) is 65.2 Å². The smallest absolute Gasteiger partial charge is 0.325 e. The van der Waals surface area contributed by atoms with Crippen LogP contribution in [0.3, 0.4) is 0 Å². The minimum Gasteiger partial charge on any atom is -0.493 e. The predicted octanol–water partition coefficient (Wildman–Crippen LogP) is 1.86. The number of fused-ring (bicyclic) bond motifs is 1. The van der Waals surface area contributed by atoms with E-state index in [1.54, 1.807) is 0 Å². The lowest BCUT2D eigenvalue weighted by molar-refractivity contribution is -0.129. The van der Waals surface area contributed by atoms with Gasteiger partial charge in [0.05, 0.1) is 13.3 Å². The van der Waals surface area contributed by atoms with Gasteiger partial charge in [0.25, 0.3) is 5.91 Å². The zero-order valence-electron chi connectivity index (χ0n) is 17.6. The summed E-state index contributed by atoms with van der Waals surface area (Å²) in [5, 5.41) is 2.84. The highest BCUT2D eigenvalue weighted by molar-refractivity contribution is 6.04. The zero-order valence-corrected chi connectivity index (χ0v) is 17.6. The third-order valence-electron chi connectivity index (χ3n) is 6.36. The average Bonchev–Trinajstić information content (AvgIpc) is 3.35. The summed E-state index contributed by atoms with van der Waals surface area (Å²) in [6.07, 6.45) is 1.52. The number of rotatable bonds is 6. The van der Waals surface area contributed by atoms with Gasteiger partial charge in [0.1, 0.15) is 11.8 Å². The Bertz CT molecular complexity index is 957. The molecule has 0 saturated carbocycles. The van der Waals surface area contributed by atoms with Gasteiger partial charge in [-0.15, -0.1) is 0 Å². The van der Waals surface area contributed by atoms with Gasteiger partial charge in [0, 0.05) is 45.6 Å². The Kier molecular flexibility index (Phi) is 5.61. The molecule has 5 rings (SSSR count). The number of nitrogens with one attached hydrogen (secondary N) is 1. The van der Waals surface area contributed by atoms with E-state index < -0.39 is 6.04 Å². The van der Waals surface area contributed by atoms with Crippen molar-refractivity contribution in [2.24, 2.45) is 0 Å². The van der Waals surface area contributed by atoms with Gasteiger partial charge >= 0.3 is 6.03 Å². The van der Waals surface area contributed by atoms with E-state index in [2.05, 4.69) is 33.3 Å². The van der Waals surface area contributed by atoms with E-state index >= 15 is 0 Å². The number of hydrogen-bond donors (Lipinski definition) is 1. The summed E-state index contributed by atoms with van der Waals surface area (Å²) in [5.41, 5.74) is 3.67. The highest BCUT2D eigenvalue weighted by Gasteiger charge is 2.39. The Morgan fingerprint density at radius 1 is 0.935 bits per heavy atom. The van der Waals surface area contributed by atoms with Crippen LogP contribution in [0.2, 0.25) is 0 Å². The molecule has 0 radical (unpaired) electrons. The molecule has 0 unspecified atom stereocenters. The highest BCUT2D eigenvalue weighted by atomic mass is 16.5. The van der Waals surface area contributed by atoms with Crippen molar-refractivity contribution in [3.63, 3.8) is 0 Å². The number of hydrogen-bond acceptors (Lipinski definition) is 5. The van der Waals surface area contributed by atoms with Crippen LogP contribution in [-0.4, -0.2) is 72.1 Å². The summed E-state index contributed by atoms with van der Waals surface area (Å²) >= 11 is 0. The number of nitrogens with zero attached hydrogens (tertiary/aromatic N) is 3. The Morgan fingerprint density at radius 2 is 1.71 bits per heavy atom. The monoisotopic (exact) mass is 420 g/mol. The number of carbonyl (C=O) groups is 2. The first kappa shape index (κ1) is 20.0. The first-order valence-electron chi connectivity index (χ1n) is 11.0. The number of imide groups is 1. The fourth-order valence-electron chi connectivity index (χ4n) is 4.58. The number of piperazine rings is 1. The maximum absolute atomic E-state index is 12.8. The average molecular weight is 421 g/mol. The molecule has 162 valence electrons. The Labute approximate surface area is 182 Å². The maximum Gasteiger partial charge on any atom is 0.325 e. The zero-order chi connectivity index (χ0) is 21.2.